The van der Waals surface area contributed by atoms with Crippen molar-refractivity contribution in [3.05, 3.63) is 94.6 Å². The molecule has 0 bridgehead atoms. The highest BCUT2D eigenvalue weighted by molar-refractivity contribution is 6.74. The molecule has 250 valence electrons. The Morgan fingerprint density at radius 1 is 0.804 bits per heavy atom. The summed E-state index contributed by atoms with van der Waals surface area (Å²) in [6.45, 7) is 22.6. The maximum atomic E-state index is 14.1. The van der Waals surface area contributed by atoms with Gasteiger partial charge in [-0.3, -0.25) is 10.1 Å². The first-order valence-corrected chi connectivity index (χ1v) is 20.8. The van der Waals surface area contributed by atoms with Crippen LogP contribution in [0.4, 0.5) is 20.2 Å². The van der Waals surface area contributed by atoms with Crippen molar-refractivity contribution in [2.24, 2.45) is 0 Å². The van der Waals surface area contributed by atoms with Gasteiger partial charge in [-0.25, -0.2) is 18.7 Å². The minimum atomic E-state index is -1.89. The summed E-state index contributed by atoms with van der Waals surface area (Å²) < 4.78 is 43.1. The van der Waals surface area contributed by atoms with E-state index in [2.05, 4.69) is 77.7 Å². The van der Waals surface area contributed by atoms with Crippen LogP contribution in [-0.2, 0) is 22.1 Å². The lowest BCUT2D eigenvalue weighted by molar-refractivity contribution is -0.385. The quantitative estimate of drug-likeness (QED) is 0.0818. The van der Waals surface area contributed by atoms with E-state index in [9.17, 15) is 18.9 Å². The Bertz CT molecular complexity index is 1660. The molecular weight excluding hydrogens is 627 g/mol. The Kier molecular flexibility index (Phi) is 11.1. The lowest BCUT2D eigenvalue weighted by Crippen LogP contribution is -2.40. The Balaban J connectivity index is 0.000000251. The van der Waals surface area contributed by atoms with Gasteiger partial charge in [-0.1, -0.05) is 41.5 Å². The van der Waals surface area contributed by atoms with Crippen LogP contribution in [0.3, 0.4) is 0 Å². The summed E-state index contributed by atoms with van der Waals surface area (Å²) in [6, 6.07) is 8.25. The van der Waals surface area contributed by atoms with Crippen LogP contribution in [0.1, 0.15) is 52.9 Å². The third kappa shape index (κ3) is 9.18. The van der Waals surface area contributed by atoms with Gasteiger partial charge in [-0.2, -0.15) is 0 Å². The minimum absolute atomic E-state index is 0.0973. The lowest BCUT2D eigenvalue weighted by atomic mass is 10.2. The summed E-state index contributed by atoms with van der Waals surface area (Å²) >= 11 is 0. The molecule has 2 aromatic carbocycles. The Morgan fingerprint density at radius 3 is 1.76 bits per heavy atom. The smallest absolute Gasteiger partial charge is 0.272 e. The van der Waals surface area contributed by atoms with Crippen molar-refractivity contribution in [3.63, 3.8) is 0 Å². The third-order valence-electron chi connectivity index (χ3n) is 8.75. The van der Waals surface area contributed by atoms with Gasteiger partial charge in [0, 0.05) is 30.2 Å². The first-order chi connectivity index (χ1) is 21.1. The molecule has 0 atom stereocenters. The van der Waals surface area contributed by atoms with Crippen LogP contribution < -0.4 is 5.73 Å². The molecule has 46 heavy (non-hydrogen) atoms. The number of halogens is 2. The maximum absolute atomic E-state index is 14.1. The summed E-state index contributed by atoms with van der Waals surface area (Å²) in [6.07, 6.45) is 6.68. The molecule has 0 spiro atoms. The average molecular weight is 673 g/mol. The minimum Gasteiger partial charge on any atom is -0.411 e. The summed E-state index contributed by atoms with van der Waals surface area (Å²) in [7, 11) is -3.69. The second kappa shape index (κ2) is 14.0. The highest BCUT2D eigenvalue weighted by Gasteiger charge is 2.38. The molecule has 0 aliphatic carbocycles. The number of hydrogen-bond acceptors (Lipinski definition) is 7. The number of nitrogens with zero attached hydrogens (tertiary/aromatic N) is 5. The van der Waals surface area contributed by atoms with E-state index in [-0.39, 0.29) is 27.1 Å². The van der Waals surface area contributed by atoms with E-state index in [1.165, 1.54) is 29.1 Å². The fourth-order valence-electron chi connectivity index (χ4n) is 3.59. The average Bonchev–Trinajstić information content (AvgIpc) is 3.61. The van der Waals surface area contributed by atoms with E-state index in [0.29, 0.717) is 24.6 Å². The molecule has 0 aliphatic rings. The normalized spacial score (nSPS) is 12.5. The molecule has 4 rings (SSSR count). The number of hydrogen-bond donors (Lipinski definition) is 1. The van der Waals surface area contributed by atoms with Crippen LogP contribution in [0.2, 0.25) is 36.3 Å². The Labute approximate surface area is 272 Å². The summed E-state index contributed by atoms with van der Waals surface area (Å²) in [5.41, 5.74) is 7.79. The molecule has 0 saturated carbocycles. The predicted molar refractivity (Wildman–Crippen MR) is 182 cm³/mol. The molecular formula is C32H46F2N6O4Si2. The number of nitrogens with two attached hydrogens (primary N) is 1. The summed E-state index contributed by atoms with van der Waals surface area (Å²) in [5.74, 6) is -1.09. The van der Waals surface area contributed by atoms with Gasteiger partial charge in [-0.15, -0.1) is 0 Å². The highest BCUT2D eigenvalue weighted by Crippen LogP contribution is 2.38. The van der Waals surface area contributed by atoms with Gasteiger partial charge in [0.1, 0.15) is 5.82 Å². The SMILES string of the molecule is CC(C)(C)[Si](C)(C)OCc1cn(-c2ccc(N)c(F)c2)cn1.CC(C)(C)[Si](C)(C)OCc1cn(-c2ccc([N+](=O)[O-])cc2F)cn1. The standard InChI is InChI=1S/C16H22FN3O3Si.C16H24FN3OSi/c1-16(2,3)24(4,5)23-10-12-9-19(11-18-12)15-7-6-13(20(21)22)8-14(15)17;1-16(2,3)22(4,5)21-10-12-9-20(11-19-12)13-6-7-15(18)14(17)8-13/h6-9,11H,10H2,1-5H3;6-9,11H,10,18H2,1-5H3. The van der Waals surface area contributed by atoms with Gasteiger partial charge in [-0.05, 0) is 54.5 Å². The molecule has 2 N–H and O–H groups in total. The maximum Gasteiger partial charge on any atom is 0.272 e. The lowest BCUT2D eigenvalue weighted by Gasteiger charge is -2.35. The molecule has 0 amide bonds. The van der Waals surface area contributed by atoms with Gasteiger partial charge in [0.2, 0.25) is 0 Å². The Morgan fingerprint density at radius 2 is 1.30 bits per heavy atom. The molecule has 0 unspecified atom stereocenters. The molecule has 2 aromatic heterocycles. The van der Waals surface area contributed by atoms with Crippen molar-refractivity contribution in [2.75, 3.05) is 5.73 Å². The van der Waals surface area contributed by atoms with E-state index in [4.69, 9.17) is 14.6 Å². The molecule has 2 heterocycles. The van der Waals surface area contributed by atoms with Gasteiger partial charge < -0.3 is 23.7 Å². The number of rotatable bonds is 9. The zero-order valence-corrected chi connectivity index (χ0v) is 30.4. The molecule has 0 aliphatic heterocycles. The fourth-order valence-corrected chi connectivity index (χ4v) is 5.47. The van der Waals surface area contributed by atoms with Crippen LogP contribution in [0.15, 0.2) is 61.4 Å². The zero-order chi connectivity index (χ0) is 34.7. The van der Waals surface area contributed by atoms with Gasteiger partial charge in [0.05, 0.1) is 59.6 Å². The molecule has 4 aromatic rings. The first kappa shape index (κ1) is 36.7. The topological polar surface area (TPSA) is 123 Å². The van der Waals surface area contributed by atoms with Crippen LogP contribution in [0, 0.1) is 21.7 Å². The van der Waals surface area contributed by atoms with Crippen molar-refractivity contribution < 1.29 is 22.6 Å². The number of nitro benzene ring substituents is 1. The fraction of sp³-hybridized carbons (Fsp3) is 0.438. The summed E-state index contributed by atoms with van der Waals surface area (Å²) in [5, 5.41) is 10.9. The van der Waals surface area contributed by atoms with Crippen LogP contribution in [-0.4, -0.2) is 40.7 Å². The highest BCUT2D eigenvalue weighted by atomic mass is 28.4. The third-order valence-corrected chi connectivity index (χ3v) is 17.7. The van der Waals surface area contributed by atoms with Crippen LogP contribution in [0.5, 0.6) is 0 Å². The number of nitrogen functional groups attached to an aromatic ring is 1. The zero-order valence-electron chi connectivity index (χ0n) is 28.4. The van der Waals surface area contributed by atoms with Crippen molar-refractivity contribution in [1.29, 1.82) is 0 Å². The largest absolute Gasteiger partial charge is 0.411 e. The van der Waals surface area contributed by atoms with E-state index in [1.807, 2.05) is 6.20 Å². The number of anilines is 1. The number of benzene rings is 2. The number of nitro groups is 1. The Hall–Kier alpha value is -3.73. The van der Waals surface area contributed by atoms with E-state index in [0.717, 1.165) is 11.8 Å². The molecule has 10 nitrogen and oxygen atoms in total. The monoisotopic (exact) mass is 672 g/mol. The van der Waals surface area contributed by atoms with Crippen molar-refractivity contribution in [2.45, 2.75) is 91.0 Å². The molecule has 0 saturated heterocycles. The van der Waals surface area contributed by atoms with Gasteiger partial charge in [0.25, 0.3) is 5.69 Å². The van der Waals surface area contributed by atoms with Crippen molar-refractivity contribution in [3.8, 4) is 11.4 Å². The summed E-state index contributed by atoms with van der Waals surface area (Å²) in [4.78, 5) is 18.6. The van der Waals surface area contributed by atoms with Crippen LogP contribution in [0.25, 0.3) is 11.4 Å². The van der Waals surface area contributed by atoms with E-state index < -0.39 is 33.2 Å². The molecule has 14 heteroatoms. The van der Waals surface area contributed by atoms with E-state index in [1.54, 1.807) is 29.2 Å². The van der Waals surface area contributed by atoms with Crippen molar-refractivity contribution >= 4 is 28.0 Å². The van der Waals surface area contributed by atoms with Gasteiger partial charge in [0.15, 0.2) is 22.5 Å². The molecule has 0 radical (unpaired) electrons. The van der Waals surface area contributed by atoms with Gasteiger partial charge >= 0.3 is 0 Å². The van der Waals surface area contributed by atoms with Crippen LogP contribution >= 0.6 is 0 Å². The number of aromatic nitrogens is 4. The van der Waals surface area contributed by atoms with Crippen molar-refractivity contribution in [1.82, 2.24) is 19.1 Å². The van der Waals surface area contributed by atoms with E-state index >= 15 is 0 Å². The predicted octanol–water partition coefficient (Wildman–Crippen LogP) is 8.56. The second-order valence-electron chi connectivity index (χ2n) is 14.2. The number of non-ortho nitro benzene ring substituents is 1. The second-order valence-corrected chi connectivity index (χ2v) is 23.9. The number of imidazole rings is 2. The first-order valence-electron chi connectivity index (χ1n) is 14.9. The molecule has 0 fully saturated rings.